The topological polar surface area (TPSA) is 57.5 Å². The van der Waals surface area contributed by atoms with E-state index in [0.29, 0.717) is 10.3 Å². The number of hydrogen-bond acceptors (Lipinski definition) is 3. The van der Waals surface area contributed by atoms with E-state index in [0.717, 1.165) is 49.3 Å². The molecule has 0 saturated heterocycles. The lowest BCUT2D eigenvalue weighted by Gasteiger charge is -2.03. The Morgan fingerprint density at radius 2 is 2.07 bits per heavy atom. The number of carboxylic acid groups (broad SMARTS) is 1. The molecule has 3 nitrogen and oxygen atoms in total. The number of thiophene rings is 1. The minimum absolute atomic E-state index is 0.138. The van der Waals surface area contributed by atoms with Crippen LogP contribution in [0.15, 0.2) is 24.3 Å². The first-order valence-electron chi connectivity index (χ1n) is 10.1. The highest BCUT2D eigenvalue weighted by molar-refractivity contribution is 7.13. The number of aliphatic hydroxyl groups is 1. The molecule has 3 atom stereocenters. The predicted octanol–water partition coefficient (Wildman–Crippen LogP) is 6.54. The van der Waals surface area contributed by atoms with Gasteiger partial charge in [0.1, 0.15) is 4.88 Å². The average Bonchev–Trinajstić information content (AvgIpc) is 3.30. The number of alkyl halides is 1. The lowest BCUT2D eigenvalue weighted by Crippen LogP contribution is -1.97. The highest BCUT2D eigenvalue weighted by Gasteiger charge is 2.19. The molecule has 1 saturated carbocycles. The maximum Gasteiger partial charge on any atom is 0.345 e. The van der Waals surface area contributed by atoms with E-state index in [1.54, 1.807) is 6.07 Å². The highest BCUT2D eigenvalue weighted by Crippen LogP contribution is 2.30. The second-order valence-electron chi connectivity index (χ2n) is 7.05. The van der Waals surface area contributed by atoms with Crippen molar-refractivity contribution in [2.24, 2.45) is 5.92 Å². The molecule has 1 fully saturated rings. The zero-order chi connectivity index (χ0) is 21.4. The fourth-order valence-corrected chi connectivity index (χ4v) is 4.30. The third-order valence-electron chi connectivity index (χ3n) is 4.43. The number of unbranched alkanes of at least 4 members (excludes halogenated alkanes) is 2. The number of rotatable bonds is 9. The van der Waals surface area contributed by atoms with Gasteiger partial charge in [-0.05, 0) is 69.9 Å². The van der Waals surface area contributed by atoms with Crippen LogP contribution in [0.5, 0.6) is 0 Å². The van der Waals surface area contributed by atoms with E-state index in [2.05, 4.69) is 31.9 Å². The van der Waals surface area contributed by atoms with Gasteiger partial charge in [0.2, 0.25) is 0 Å². The molecule has 0 radical (unpaired) electrons. The normalized spacial score (nSPS) is 19.4. The van der Waals surface area contributed by atoms with Crippen molar-refractivity contribution < 1.29 is 15.0 Å². The van der Waals surface area contributed by atoms with E-state index in [4.69, 9.17) is 21.8 Å². The molecule has 158 valence electrons. The summed E-state index contributed by atoms with van der Waals surface area (Å²) in [6, 6.07) is 3.55. The van der Waals surface area contributed by atoms with Gasteiger partial charge in [-0.3, -0.25) is 0 Å². The molecule has 1 aliphatic carbocycles. The van der Waals surface area contributed by atoms with Crippen molar-refractivity contribution in [2.45, 2.75) is 83.1 Å². The zero-order valence-electron chi connectivity index (χ0n) is 17.1. The van der Waals surface area contributed by atoms with Crippen molar-refractivity contribution in [3.05, 3.63) is 34.0 Å². The summed E-state index contributed by atoms with van der Waals surface area (Å²) in [6.45, 7) is 3.94. The van der Waals surface area contributed by atoms with E-state index in [-0.39, 0.29) is 6.10 Å². The van der Waals surface area contributed by atoms with Crippen molar-refractivity contribution in [1.82, 2.24) is 0 Å². The second-order valence-corrected chi connectivity index (χ2v) is 8.84. The molecule has 0 amide bonds. The molecule has 0 bridgehead atoms. The molecule has 28 heavy (non-hydrogen) atoms. The van der Waals surface area contributed by atoms with Crippen molar-refractivity contribution in [3.63, 3.8) is 0 Å². The van der Waals surface area contributed by atoms with Gasteiger partial charge in [-0.25, -0.2) is 4.79 Å². The van der Waals surface area contributed by atoms with Crippen LogP contribution in [0, 0.1) is 18.8 Å². The quantitative estimate of drug-likeness (QED) is 0.204. The summed E-state index contributed by atoms with van der Waals surface area (Å²) < 4.78 is 0. The van der Waals surface area contributed by atoms with Crippen LogP contribution in [0.25, 0.3) is 0 Å². The number of aliphatic hydroxyl groups excluding tert-OH is 1. The molecule has 0 aliphatic heterocycles. The third kappa shape index (κ3) is 13.0. The fourth-order valence-electron chi connectivity index (χ4n) is 3.00. The Kier molecular flexibility index (Phi) is 15.9. The van der Waals surface area contributed by atoms with Gasteiger partial charge in [-0.1, -0.05) is 31.9 Å². The van der Waals surface area contributed by atoms with Crippen LogP contribution in [0.1, 0.15) is 79.8 Å². The molecule has 0 aromatic carbocycles. The number of carbonyl (C=O) groups is 1. The molecule has 1 aromatic rings. The average molecular weight is 427 g/mol. The maximum absolute atomic E-state index is 10.4. The van der Waals surface area contributed by atoms with Gasteiger partial charge in [0.05, 0.1) is 6.10 Å². The van der Waals surface area contributed by atoms with E-state index < -0.39 is 5.97 Å². The lowest BCUT2D eigenvalue weighted by molar-refractivity contribution is 0.0702. The number of terminal acetylenes is 1. The highest BCUT2D eigenvalue weighted by atomic mass is 35.5. The van der Waals surface area contributed by atoms with Crippen molar-refractivity contribution in [3.8, 4) is 12.8 Å². The number of aryl methyl sites for hydroxylation is 1. The van der Waals surface area contributed by atoms with Crippen LogP contribution in [-0.2, 0) is 6.42 Å². The van der Waals surface area contributed by atoms with E-state index in [1.165, 1.54) is 30.6 Å². The van der Waals surface area contributed by atoms with E-state index in [9.17, 15) is 4.79 Å². The second kappa shape index (κ2) is 16.7. The molecule has 0 spiro atoms. The Balaban J connectivity index is 0.000000497. The minimum atomic E-state index is -0.822. The summed E-state index contributed by atoms with van der Waals surface area (Å²) in [7, 11) is 0. The standard InChI is InChI=1S/C13H23ClO.C8H10O2S.C2H2/c1-11(15)6-4-2-3-5-7-12-8-9-13(14)10-12;1-2-3-6-4-5-7(11-6)8(9)10;1-2/h5,7,11-13,15H,2-4,6,8-10H2,1H3;4-5H,2-3H2,1H3,(H,9,10);1-2H/b7-5+;;/t11-,12+,13-;;/m1../s1. The Labute approximate surface area is 179 Å². The number of allylic oxidation sites excluding steroid dienone is 2. The summed E-state index contributed by atoms with van der Waals surface area (Å²) >= 11 is 7.41. The number of aromatic carboxylic acids is 1. The van der Waals surface area contributed by atoms with Crippen molar-refractivity contribution in [1.29, 1.82) is 0 Å². The summed E-state index contributed by atoms with van der Waals surface area (Å²) in [5, 5.41) is 18.1. The summed E-state index contributed by atoms with van der Waals surface area (Å²) in [5.41, 5.74) is 0. The van der Waals surface area contributed by atoms with Crippen molar-refractivity contribution in [2.75, 3.05) is 0 Å². The van der Waals surface area contributed by atoms with Crippen LogP contribution in [0.2, 0.25) is 0 Å². The Morgan fingerprint density at radius 3 is 2.57 bits per heavy atom. The van der Waals surface area contributed by atoms with Gasteiger partial charge in [0.25, 0.3) is 0 Å². The first-order valence-corrected chi connectivity index (χ1v) is 11.3. The molecule has 0 unspecified atom stereocenters. The van der Waals surface area contributed by atoms with Gasteiger partial charge in [0.15, 0.2) is 0 Å². The molecule has 1 aromatic heterocycles. The molecule has 1 aliphatic rings. The predicted molar refractivity (Wildman–Crippen MR) is 121 cm³/mol. The molecule has 1 heterocycles. The molecular weight excluding hydrogens is 392 g/mol. The van der Waals surface area contributed by atoms with E-state index in [1.807, 2.05) is 13.0 Å². The van der Waals surface area contributed by atoms with Gasteiger partial charge >= 0.3 is 5.97 Å². The smallest absolute Gasteiger partial charge is 0.345 e. The Morgan fingerprint density at radius 1 is 1.36 bits per heavy atom. The lowest BCUT2D eigenvalue weighted by atomic mass is 10.1. The first-order chi connectivity index (χ1) is 13.4. The summed E-state index contributed by atoms with van der Waals surface area (Å²) in [6.07, 6.45) is 22.5. The molecule has 2 rings (SSSR count). The Hall–Kier alpha value is -1.28. The monoisotopic (exact) mass is 426 g/mol. The molecule has 5 heteroatoms. The SMILES string of the molecule is C#C.CCCc1ccc(C(=O)O)s1.C[C@@H](O)CCCC/C=C/[C@H]1CC[C@@H](Cl)C1. The summed E-state index contributed by atoms with van der Waals surface area (Å²) in [4.78, 5) is 12.0. The summed E-state index contributed by atoms with van der Waals surface area (Å²) in [5.74, 6) is -0.0957. The number of hydrogen-bond donors (Lipinski definition) is 2. The van der Waals surface area contributed by atoms with Crippen LogP contribution in [-0.4, -0.2) is 27.7 Å². The molecule has 2 N–H and O–H groups in total. The van der Waals surface area contributed by atoms with Crippen LogP contribution >= 0.6 is 22.9 Å². The largest absolute Gasteiger partial charge is 0.477 e. The van der Waals surface area contributed by atoms with Gasteiger partial charge in [0, 0.05) is 10.3 Å². The number of carboxylic acids is 1. The molecular formula is C23H35ClO3S. The van der Waals surface area contributed by atoms with Crippen LogP contribution < -0.4 is 0 Å². The van der Waals surface area contributed by atoms with Crippen LogP contribution in [0.3, 0.4) is 0 Å². The van der Waals surface area contributed by atoms with Crippen molar-refractivity contribution >= 4 is 28.9 Å². The Bertz CT molecular complexity index is 577. The number of halogens is 1. The third-order valence-corrected chi connectivity index (χ3v) is 5.96. The van der Waals surface area contributed by atoms with Gasteiger partial charge in [-0.2, -0.15) is 0 Å². The fraction of sp³-hybridized carbons (Fsp3) is 0.609. The zero-order valence-corrected chi connectivity index (χ0v) is 18.7. The maximum atomic E-state index is 10.4. The van der Waals surface area contributed by atoms with Crippen LogP contribution in [0.4, 0.5) is 0 Å². The minimum Gasteiger partial charge on any atom is -0.477 e. The van der Waals surface area contributed by atoms with Gasteiger partial charge in [-0.15, -0.1) is 35.8 Å². The first kappa shape index (κ1) is 26.7. The van der Waals surface area contributed by atoms with Gasteiger partial charge < -0.3 is 10.2 Å². The van der Waals surface area contributed by atoms with E-state index >= 15 is 0 Å².